The fourth-order valence-corrected chi connectivity index (χ4v) is 7.44. The first-order valence-electron chi connectivity index (χ1n) is 14.5. The molecule has 14 heteroatoms. The summed E-state index contributed by atoms with van der Waals surface area (Å²) in [7, 11) is -2.76. The van der Waals surface area contributed by atoms with Gasteiger partial charge < -0.3 is 19.3 Å². The molecule has 0 spiro atoms. The molecular formula is C30H35ClN6O6S. The van der Waals surface area contributed by atoms with E-state index in [4.69, 9.17) is 21.1 Å². The number of benzene rings is 1. The van der Waals surface area contributed by atoms with E-state index in [2.05, 4.69) is 11.1 Å². The minimum atomic E-state index is -4.30. The maximum Gasteiger partial charge on any atom is 0.359 e. The van der Waals surface area contributed by atoms with Crippen LogP contribution in [0.2, 0.25) is 5.28 Å². The molecule has 1 aromatic carbocycles. The van der Waals surface area contributed by atoms with Crippen molar-refractivity contribution >= 4 is 44.8 Å². The molecule has 0 bridgehead atoms. The highest BCUT2D eigenvalue weighted by atomic mass is 35.5. The Morgan fingerprint density at radius 3 is 2.34 bits per heavy atom. The van der Waals surface area contributed by atoms with Crippen LogP contribution in [0.4, 0.5) is 5.82 Å². The molecule has 234 valence electrons. The zero-order valence-corrected chi connectivity index (χ0v) is 26.7. The number of fused-ring (bicyclic) bond motifs is 1. The highest BCUT2D eigenvalue weighted by Crippen LogP contribution is 2.45. The summed E-state index contributed by atoms with van der Waals surface area (Å²) < 4.78 is 42.2. The van der Waals surface area contributed by atoms with E-state index in [1.165, 1.54) is 20.8 Å². The second-order valence-electron chi connectivity index (χ2n) is 11.2. The second-order valence-corrected chi connectivity index (χ2v) is 13.4. The van der Waals surface area contributed by atoms with Crippen LogP contribution in [0.25, 0.3) is 5.52 Å². The number of hydrogen-bond donors (Lipinski definition) is 0. The second kappa shape index (κ2) is 12.3. The number of carbonyl (C=O) groups excluding carboxylic acids is 2. The Balaban J connectivity index is 1.62. The van der Waals surface area contributed by atoms with Crippen LogP contribution in [-0.4, -0.2) is 84.3 Å². The fraction of sp³-hybridized carbons (Fsp3) is 0.467. The Kier molecular flexibility index (Phi) is 8.80. The predicted molar refractivity (Wildman–Crippen MR) is 163 cm³/mol. The number of pyridine rings is 1. The number of nitriles is 1. The minimum Gasteiger partial charge on any atom is -0.497 e. The van der Waals surface area contributed by atoms with Crippen molar-refractivity contribution in [1.82, 2.24) is 18.6 Å². The third kappa shape index (κ3) is 5.81. The van der Waals surface area contributed by atoms with Crippen molar-refractivity contribution in [2.75, 3.05) is 44.8 Å². The van der Waals surface area contributed by atoms with E-state index in [1.54, 1.807) is 43.2 Å². The number of piperazine rings is 1. The van der Waals surface area contributed by atoms with Gasteiger partial charge in [0.1, 0.15) is 17.1 Å². The van der Waals surface area contributed by atoms with Crippen molar-refractivity contribution in [3.63, 3.8) is 0 Å². The molecular weight excluding hydrogens is 608 g/mol. The number of nitrogens with zero attached hydrogens (tertiary/aromatic N) is 6. The van der Waals surface area contributed by atoms with Crippen molar-refractivity contribution in [2.24, 2.45) is 5.92 Å². The first kappa shape index (κ1) is 31.6. The van der Waals surface area contributed by atoms with Crippen molar-refractivity contribution in [1.29, 1.82) is 5.26 Å². The Labute approximate surface area is 261 Å². The lowest BCUT2D eigenvalue weighted by atomic mass is 10.1. The molecule has 2 aromatic heterocycles. The van der Waals surface area contributed by atoms with Gasteiger partial charge in [0.2, 0.25) is 21.2 Å². The molecule has 3 heterocycles. The summed E-state index contributed by atoms with van der Waals surface area (Å²) in [4.78, 5) is 33.4. The molecule has 1 saturated heterocycles. The van der Waals surface area contributed by atoms with Gasteiger partial charge in [0, 0.05) is 38.6 Å². The summed E-state index contributed by atoms with van der Waals surface area (Å²) in [6, 6.07) is 12.1. The smallest absolute Gasteiger partial charge is 0.359 e. The number of esters is 1. The Morgan fingerprint density at radius 2 is 1.80 bits per heavy atom. The average Bonchev–Trinajstić information content (AvgIpc) is 3.75. The summed E-state index contributed by atoms with van der Waals surface area (Å²) in [5.41, 5.74) is -0.471. The van der Waals surface area contributed by atoms with Gasteiger partial charge in [0.05, 0.1) is 30.2 Å². The van der Waals surface area contributed by atoms with E-state index < -0.39 is 21.5 Å². The molecule has 0 unspecified atom stereocenters. The zero-order chi connectivity index (χ0) is 31.8. The van der Waals surface area contributed by atoms with Gasteiger partial charge in [-0.1, -0.05) is 26.0 Å². The fourth-order valence-electron chi connectivity index (χ4n) is 5.40. The van der Waals surface area contributed by atoms with Crippen molar-refractivity contribution in [2.45, 2.75) is 50.6 Å². The molecule has 2 fully saturated rings. The molecule has 44 heavy (non-hydrogen) atoms. The lowest BCUT2D eigenvalue weighted by molar-refractivity contribution is -0.134. The Bertz CT molecular complexity index is 1720. The topological polar surface area (TPSA) is 138 Å². The number of sulfonamides is 1. The molecule has 3 aromatic rings. The van der Waals surface area contributed by atoms with Crippen molar-refractivity contribution in [3.8, 4) is 11.8 Å². The molecule has 2 aliphatic rings. The quantitative estimate of drug-likeness (QED) is 0.303. The van der Waals surface area contributed by atoms with E-state index in [0.717, 1.165) is 0 Å². The van der Waals surface area contributed by atoms with Crippen molar-refractivity contribution < 1.29 is 27.5 Å². The van der Waals surface area contributed by atoms with E-state index in [9.17, 15) is 23.3 Å². The van der Waals surface area contributed by atoms with Crippen LogP contribution in [0.1, 0.15) is 49.7 Å². The van der Waals surface area contributed by atoms with Crippen LogP contribution in [0.15, 0.2) is 41.3 Å². The van der Waals surface area contributed by atoms with Gasteiger partial charge in [-0.3, -0.25) is 9.20 Å². The molecule has 12 nitrogen and oxygen atoms in total. The maximum atomic E-state index is 14.5. The number of imidazole rings is 1. The maximum absolute atomic E-state index is 14.5. The van der Waals surface area contributed by atoms with Crippen LogP contribution < -0.4 is 9.64 Å². The number of halogens is 1. The third-order valence-corrected chi connectivity index (χ3v) is 10.2. The molecule has 5 rings (SSSR count). The normalized spacial score (nSPS) is 16.3. The SMILES string of the molecule is CCOC(=O)c1nc(Cl)n2c(N3CCN(C(=O)C(C)C)CC3)cc(S(=O)(=O)N(Cc3ccc(OC)cc3)C3(C#N)CC3)cc12. The first-order valence-corrected chi connectivity index (χ1v) is 16.3. The molecule has 1 aliphatic heterocycles. The first-order chi connectivity index (χ1) is 20.9. The average molecular weight is 643 g/mol. The van der Waals surface area contributed by atoms with E-state index in [0.29, 0.717) is 56.2 Å². The summed E-state index contributed by atoms with van der Waals surface area (Å²) in [6.45, 7) is 7.05. The molecule has 1 saturated carbocycles. The van der Waals surface area contributed by atoms with Gasteiger partial charge in [0.25, 0.3) is 0 Å². The van der Waals surface area contributed by atoms with E-state index in [1.807, 2.05) is 18.7 Å². The highest BCUT2D eigenvalue weighted by molar-refractivity contribution is 7.89. The van der Waals surface area contributed by atoms with Gasteiger partial charge in [-0.2, -0.15) is 9.57 Å². The molecule has 0 radical (unpaired) electrons. The predicted octanol–water partition coefficient (Wildman–Crippen LogP) is 3.72. The van der Waals surface area contributed by atoms with Gasteiger partial charge in [-0.15, -0.1) is 0 Å². The van der Waals surface area contributed by atoms with Gasteiger partial charge in [-0.25, -0.2) is 18.2 Å². The van der Waals surface area contributed by atoms with Gasteiger partial charge in [-0.05, 0) is 61.2 Å². The number of methoxy groups -OCH3 is 1. The lowest BCUT2D eigenvalue weighted by Crippen LogP contribution is -2.50. The van der Waals surface area contributed by atoms with E-state index >= 15 is 0 Å². The van der Waals surface area contributed by atoms with Gasteiger partial charge in [0.15, 0.2) is 5.69 Å². The summed E-state index contributed by atoms with van der Waals surface area (Å²) in [6.07, 6.45) is 0.791. The number of hydrogen-bond acceptors (Lipinski definition) is 9. The van der Waals surface area contributed by atoms with Crippen molar-refractivity contribution in [3.05, 3.63) is 52.9 Å². The number of carbonyl (C=O) groups is 2. The number of aromatic nitrogens is 2. The monoisotopic (exact) mass is 642 g/mol. The van der Waals surface area contributed by atoms with Crippen LogP contribution in [0, 0.1) is 17.2 Å². The summed E-state index contributed by atoms with van der Waals surface area (Å²) >= 11 is 6.57. The van der Waals surface area contributed by atoms with Crippen LogP contribution in [0.3, 0.4) is 0 Å². The third-order valence-electron chi connectivity index (χ3n) is 8.01. The minimum absolute atomic E-state index is 0.0338. The Hall–Kier alpha value is -3.86. The number of anilines is 1. The van der Waals surface area contributed by atoms with Crippen LogP contribution in [0.5, 0.6) is 5.75 Å². The van der Waals surface area contributed by atoms with E-state index in [-0.39, 0.29) is 46.4 Å². The van der Waals surface area contributed by atoms with Crippen LogP contribution >= 0.6 is 11.6 Å². The van der Waals surface area contributed by atoms with Gasteiger partial charge >= 0.3 is 5.97 Å². The lowest BCUT2D eigenvalue weighted by Gasteiger charge is -2.37. The molecule has 0 atom stereocenters. The molecule has 1 amide bonds. The number of ether oxygens (including phenoxy) is 2. The Morgan fingerprint density at radius 1 is 1.14 bits per heavy atom. The summed E-state index contributed by atoms with van der Waals surface area (Å²) in [5.74, 6) is 0.173. The number of rotatable bonds is 10. The highest BCUT2D eigenvalue weighted by Gasteiger charge is 2.54. The molecule has 0 N–H and O–H groups in total. The zero-order valence-electron chi connectivity index (χ0n) is 25.1. The van der Waals surface area contributed by atoms with Crippen LogP contribution in [-0.2, 0) is 26.1 Å². The standard InChI is InChI=1S/C30H35ClN6O6S/c1-5-43-28(39)26-24-16-23(17-25(37(24)29(31)33-26)34-12-14-35(15-13-34)27(38)20(2)3)44(40,41)36(30(19-32)10-11-30)18-21-6-8-22(42-4)9-7-21/h6-9,16-17,20H,5,10-15,18H2,1-4H3. The summed E-state index contributed by atoms with van der Waals surface area (Å²) in [5, 5.41) is 10.1. The molecule has 1 aliphatic carbocycles. The number of amides is 1. The largest absolute Gasteiger partial charge is 0.497 e.